The largest absolute Gasteiger partial charge is 0.418 e. The fourth-order valence-electron chi connectivity index (χ4n) is 2.41. The molecule has 0 fully saturated rings. The van der Waals surface area contributed by atoms with Crippen LogP contribution < -0.4 is 0 Å². The highest BCUT2D eigenvalue weighted by atomic mass is 19.4. The number of halogens is 6. The van der Waals surface area contributed by atoms with Crippen molar-refractivity contribution in [3.63, 3.8) is 0 Å². The first-order chi connectivity index (χ1) is 11.7. The van der Waals surface area contributed by atoms with Crippen molar-refractivity contribution < 1.29 is 26.3 Å². The zero-order chi connectivity index (χ0) is 18.2. The van der Waals surface area contributed by atoms with Crippen molar-refractivity contribution in [3.8, 4) is 0 Å². The number of alkyl halides is 6. The van der Waals surface area contributed by atoms with Gasteiger partial charge in [-0.05, 0) is 24.3 Å². The van der Waals surface area contributed by atoms with E-state index >= 15 is 0 Å². The second-order valence-electron chi connectivity index (χ2n) is 5.27. The topological polar surface area (TPSA) is 28.1 Å². The number of nitrogens with one attached hydrogen (secondary N) is 1. The Morgan fingerprint density at radius 1 is 0.880 bits per heavy atom. The third-order valence-corrected chi connectivity index (χ3v) is 3.59. The van der Waals surface area contributed by atoms with Crippen molar-refractivity contribution in [3.05, 3.63) is 65.4 Å². The summed E-state index contributed by atoms with van der Waals surface area (Å²) in [6, 6.07) is 8.01. The number of aliphatic imine (C=N–C) groups is 1. The monoisotopic (exact) mass is 356 g/mol. The maximum Gasteiger partial charge on any atom is 0.418 e. The predicted molar refractivity (Wildman–Crippen MR) is 82.0 cm³/mol. The zero-order valence-corrected chi connectivity index (χ0v) is 12.4. The predicted octanol–water partition coefficient (Wildman–Crippen LogP) is 5.96. The van der Waals surface area contributed by atoms with Crippen LogP contribution >= 0.6 is 0 Å². The number of hydrogen-bond acceptors (Lipinski definition) is 1. The van der Waals surface area contributed by atoms with E-state index in [1.54, 1.807) is 30.5 Å². The number of aromatic amines is 1. The molecule has 0 bridgehead atoms. The number of fused-ring (bicyclic) bond motifs is 1. The smallest absolute Gasteiger partial charge is 0.361 e. The number of H-pyrrole nitrogens is 1. The lowest BCUT2D eigenvalue weighted by Gasteiger charge is -2.13. The van der Waals surface area contributed by atoms with Gasteiger partial charge in [-0.1, -0.05) is 18.2 Å². The summed E-state index contributed by atoms with van der Waals surface area (Å²) in [6.45, 7) is 0. The van der Waals surface area contributed by atoms with Crippen LogP contribution in [0.3, 0.4) is 0 Å². The van der Waals surface area contributed by atoms with E-state index in [0.29, 0.717) is 29.3 Å². The van der Waals surface area contributed by atoms with Gasteiger partial charge in [0, 0.05) is 23.4 Å². The van der Waals surface area contributed by atoms with Crippen molar-refractivity contribution in [2.75, 3.05) is 0 Å². The molecule has 0 atom stereocenters. The standard InChI is InChI=1S/C17H10F6N2/c18-16(19,20)12-4-5-13(17(21,22)23)14(8-12)25-9-11-3-1-2-10-6-7-24-15(10)11/h1-9,24H. The van der Waals surface area contributed by atoms with Gasteiger partial charge in [0.25, 0.3) is 0 Å². The summed E-state index contributed by atoms with van der Waals surface area (Å²) in [5.41, 5.74) is -2.10. The lowest BCUT2D eigenvalue weighted by atomic mass is 10.1. The zero-order valence-electron chi connectivity index (χ0n) is 12.4. The van der Waals surface area contributed by atoms with Gasteiger partial charge in [-0.25, -0.2) is 0 Å². The second kappa shape index (κ2) is 5.94. The molecule has 0 saturated heterocycles. The highest BCUT2D eigenvalue weighted by Crippen LogP contribution is 2.40. The van der Waals surface area contributed by atoms with Crippen LogP contribution in [-0.2, 0) is 12.4 Å². The Morgan fingerprint density at radius 2 is 1.64 bits per heavy atom. The third kappa shape index (κ3) is 3.52. The molecule has 130 valence electrons. The molecule has 0 saturated carbocycles. The van der Waals surface area contributed by atoms with Crippen molar-refractivity contribution in [2.24, 2.45) is 4.99 Å². The number of benzene rings is 2. The van der Waals surface area contributed by atoms with Crippen LogP contribution in [0.25, 0.3) is 10.9 Å². The normalized spacial score (nSPS) is 13.0. The van der Waals surface area contributed by atoms with E-state index in [0.717, 1.165) is 11.6 Å². The summed E-state index contributed by atoms with van der Waals surface area (Å²) >= 11 is 0. The highest BCUT2D eigenvalue weighted by Gasteiger charge is 2.37. The Hall–Kier alpha value is -2.77. The van der Waals surface area contributed by atoms with Gasteiger partial charge in [-0.3, -0.25) is 4.99 Å². The third-order valence-electron chi connectivity index (χ3n) is 3.59. The molecule has 3 rings (SSSR count). The number of nitrogens with zero attached hydrogens (tertiary/aromatic N) is 1. The molecule has 25 heavy (non-hydrogen) atoms. The molecule has 0 spiro atoms. The highest BCUT2D eigenvalue weighted by molar-refractivity contribution is 5.98. The van der Waals surface area contributed by atoms with Gasteiger partial charge in [-0.2, -0.15) is 26.3 Å². The van der Waals surface area contributed by atoms with Crippen LogP contribution in [0.4, 0.5) is 32.0 Å². The van der Waals surface area contributed by atoms with Crippen LogP contribution in [0.2, 0.25) is 0 Å². The Bertz CT molecular complexity index is 934. The maximum atomic E-state index is 13.0. The van der Waals surface area contributed by atoms with E-state index in [9.17, 15) is 26.3 Å². The molecule has 0 amide bonds. The quantitative estimate of drug-likeness (QED) is 0.434. The summed E-state index contributed by atoms with van der Waals surface area (Å²) in [6.07, 6.45) is -6.81. The molecular weight excluding hydrogens is 346 g/mol. The number of hydrogen-bond donors (Lipinski definition) is 1. The van der Waals surface area contributed by atoms with E-state index in [2.05, 4.69) is 9.98 Å². The minimum absolute atomic E-state index is 0.394. The van der Waals surface area contributed by atoms with Crippen molar-refractivity contribution in [1.82, 2.24) is 4.98 Å². The van der Waals surface area contributed by atoms with Gasteiger partial charge in [0.15, 0.2) is 0 Å². The van der Waals surface area contributed by atoms with Crippen LogP contribution in [0.15, 0.2) is 53.7 Å². The molecule has 0 radical (unpaired) electrons. The molecule has 8 heteroatoms. The maximum absolute atomic E-state index is 13.0. The lowest BCUT2D eigenvalue weighted by molar-refractivity contribution is -0.140. The molecule has 0 aliphatic rings. The first-order valence-corrected chi connectivity index (χ1v) is 7.05. The fraction of sp³-hybridized carbons (Fsp3) is 0.118. The van der Waals surface area contributed by atoms with E-state index in [1.165, 1.54) is 0 Å². The molecule has 0 unspecified atom stereocenters. The molecule has 0 aliphatic carbocycles. The first kappa shape index (κ1) is 17.1. The van der Waals surface area contributed by atoms with Gasteiger partial charge in [0.2, 0.25) is 0 Å². The van der Waals surface area contributed by atoms with Crippen LogP contribution in [-0.4, -0.2) is 11.2 Å². The minimum Gasteiger partial charge on any atom is -0.361 e. The van der Waals surface area contributed by atoms with Crippen LogP contribution in [0.5, 0.6) is 0 Å². The number of para-hydroxylation sites is 1. The van der Waals surface area contributed by atoms with Crippen LogP contribution in [0, 0.1) is 0 Å². The summed E-state index contributed by atoms with van der Waals surface area (Å²) < 4.78 is 77.5. The van der Waals surface area contributed by atoms with Crippen LogP contribution in [0.1, 0.15) is 16.7 Å². The van der Waals surface area contributed by atoms with Gasteiger partial charge in [0.05, 0.1) is 22.3 Å². The van der Waals surface area contributed by atoms with E-state index in [1.807, 2.05) is 0 Å². The average molecular weight is 356 g/mol. The van der Waals surface area contributed by atoms with E-state index in [-0.39, 0.29) is 0 Å². The van der Waals surface area contributed by atoms with E-state index in [4.69, 9.17) is 0 Å². The SMILES string of the molecule is FC(F)(F)c1ccc(C(F)(F)F)c(N=Cc2cccc3cc[nH]c23)c1. The molecule has 1 N–H and O–H groups in total. The Labute approximate surface area is 137 Å². The summed E-state index contributed by atoms with van der Waals surface area (Å²) in [7, 11) is 0. The Balaban J connectivity index is 2.10. The molecule has 1 aromatic heterocycles. The minimum atomic E-state index is -4.81. The summed E-state index contributed by atoms with van der Waals surface area (Å²) in [5.74, 6) is 0. The fourth-order valence-corrected chi connectivity index (χ4v) is 2.41. The van der Waals surface area contributed by atoms with E-state index < -0.39 is 29.2 Å². The molecule has 1 heterocycles. The summed E-state index contributed by atoms with van der Waals surface area (Å²) in [4.78, 5) is 6.59. The molecular formula is C17H10F6N2. The van der Waals surface area contributed by atoms with Crippen molar-refractivity contribution in [1.29, 1.82) is 0 Å². The summed E-state index contributed by atoms with van der Waals surface area (Å²) in [5, 5.41) is 0.809. The molecule has 2 aromatic carbocycles. The van der Waals surface area contributed by atoms with Gasteiger partial charge in [0.1, 0.15) is 0 Å². The molecule has 2 nitrogen and oxygen atoms in total. The number of rotatable bonds is 2. The molecule has 3 aromatic rings. The Kier molecular flexibility index (Phi) is 4.06. The van der Waals surface area contributed by atoms with Gasteiger partial charge in [-0.15, -0.1) is 0 Å². The van der Waals surface area contributed by atoms with Crippen molar-refractivity contribution in [2.45, 2.75) is 12.4 Å². The first-order valence-electron chi connectivity index (χ1n) is 7.05. The average Bonchev–Trinajstić information content (AvgIpc) is 3.00. The van der Waals surface area contributed by atoms with Gasteiger partial charge < -0.3 is 4.98 Å². The Morgan fingerprint density at radius 3 is 2.32 bits per heavy atom. The lowest BCUT2D eigenvalue weighted by Crippen LogP contribution is -2.09. The second-order valence-corrected chi connectivity index (χ2v) is 5.27. The number of aromatic nitrogens is 1. The van der Waals surface area contributed by atoms with Crippen molar-refractivity contribution >= 4 is 22.8 Å². The van der Waals surface area contributed by atoms with Gasteiger partial charge >= 0.3 is 12.4 Å². The molecule has 0 aliphatic heterocycles.